The van der Waals surface area contributed by atoms with Gasteiger partial charge in [-0.3, -0.25) is 9.69 Å². The fourth-order valence-electron chi connectivity index (χ4n) is 5.32. The van der Waals surface area contributed by atoms with Gasteiger partial charge in [-0.1, -0.05) is 0 Å². The van der Waals surface area contributed by atoms with Crippen molar-refractivity contribution >= 4 is 27.8 Å². The van der Waals surface area contributed by atoms with Gasteiger partial charge < -0.3 is 4.74 Å². The van der Waals surface area contributed by atoms with Crippen molar-refractivity contribution in [3.63, 3.8) is 0 Å². The predicted molar refractivity (Wildman–Crippen MR) is 135 cm³/mol. The van der Waals surface area contributed by atoms with Gasteiger partial charge in [0.25, 0.3) is 0 Å². The minimum absolute atomic E-state index is 0.0119. The second-order valence-corrected chi connectivity index (χ2v) is 11.3. The van der Waals surface area contributed by atoms with E-state index in [9.17, 15) is 26.4 Å². The summed E-state index contributed by atoms with van der Waals surface area (Å²) in [4.78, 5) is 22.0. The van der Waals surface area contributed by atoms with E-state index in [4.69, 9.17) is 4.74 Å². The zero-order valence-corrected chi connectivity index (χ0v) is 21.7. The van der Waals surface area contributed by atoms with E-state index in [2.05, 4.69) is 14.7 Å². The van der Waals surface area contributed by atoms with Gasteiger partial charge in [-0.2, -0.15) is 12.7 Å². The Kier molecular flexibility index (Phi) is 6.26. The number of nitrogens with zero attached hydrogens (tertiary/aromatic N) is 4. The third kappa shape index (κ3) is 4.56. The van der Waals surface area contributed by atoms with Crippen molar-refractivity contribution < 1.29 is 35.5 Å². The number of nitrogens with one attached hydrogen (secondary N) is 1. The fraction of sp³-hybridized carbons (Fsp3) is 0.269. The van der Waals surface area contributed by atoms with E-state index in [1.54, 1.807) is 0 Å². The van der Waals surface area contributed by atoms with Gasteiger partial charge in [0, 0.05) is 48.8 Å². The smallest absolute Gasteiger partial charge is 0.304 e. The van der Waals surface area contributed by atoms with E-state index < -0.39 is 39.4 Å². The third-order valence-corrected chi connectivity index (χ3v) is 8.66. The summed E-state index contributed by atoms with van der Waals surface area (Å²) < 4.78 is 91.1. The van der Waals surface area contributed by atoms with Crippen molar-refractivity contribution in [2.45, 2.75) is 12.8 Å². The van der Waals surface area contributed by atoms with Crippen molar-refractivity contribution in [1.82, 2.24) is 14.3 Å². The largest absolute Gasteiger partial charge is 0.495 e. The average molecular weight is 576 g/mol. The highest BCUT2D eigenvalue weighted by Crippen LogP contribution is 2.54. The van der Waals surface area contributed by atoms with Gasteiger partial charge in [0.2, 0.25) is 11.9 Å². The molecule has 14 heteroatoms. The molecule has 1 saturated carbocycles. The molecule has 40 heavy (non-hydrogen) atoms. The number of halogens is 4. The van der Waals surface area contributed by atoms with Crippen LogP contribution in [0.15, 0.2) is 54.0 Å². The summed E-state index contributed by atoms with van der Waals surface area (Å²) >= 11 is 0. The second kappa shape index (κ2) is 9.55. The lowest BCUT2D eigenvalue weighted by atomic mass is 9.95. The molecule has 6 rings (SSSR count). The number of anilines is 2. The van der Waals surface area contributed by atoms with Crippen molar-refractivity contribution in [2.24, 2.45) is 11.8 Å². The molecular formula is C26H21F4N5O4S. The van der Waals surface area contributed by atoms with Crippen LogP contribution in [0.1, 0.15) is 12.8 Å². The molecule has 2 aromatic carbocycles. The number of rotatable bonds is 6. The Morgan fingerprint density at radius 2 is 1.68 bits per heavy atom. The quantitative estimate of drug-likeness (QED) is 0.446. The van der Waals surface area contributed by atoms with E-state index in [1.165, 1.54) is 22.4 Å². The monoisotopic (exact) mass is 575 g/mol. The van der Waals surface area contributed by atoms with Gasteiger partial charge in [-0.05, 0) is 41.7 Å². The van der Waals surface area contributed by atoms with Gasteiger partial charge >= 0.3 is 10.2 Å². The topological polar surface area (TPSA) is 105 Å². The molecule has 2 unspecified atom stereocenters. The van der Waals surface area contributed by atoms with Crippen LogP contribution < -0.4 is 14.4 Å². The van der Waals surface area contributed by atoms with E-state index in [1.807, 2.05) is 0 Å². The van der Waals surface area contributed by atoms with Crippen LogP contribution in [0.5, 0.6) is 5.75 Å². The first-order valence-electron chi connectivity index (χ1n) is 12.2. The van der Waals surface area contributed by atoms with Crippen LogP contribution in [0, 0.1) is 35.1 Å². The fourth-order valence-corrected chi connectivity index (χ4v) is 6.42. The highest BCUT2D eigenvalue weighted by molar-refractivity contribution is 7.90. The molecule has 1 fully saturated rings. The molecule has 2 aliphatic heterocycles. The highest BCUT2D eigenvalue weighted by Gasteiger charge is 2.54. The highest BCUT2D eigenvalue weighted by atomic mass is 32.2. The van der Waals surface area contributed by atoms with Crippen LogP contribution in [0.2, 0.25) is 0 Å². The van der Waals surface area contributed by atoms with E-state index in [0.717, 1.165) is 36.2 Å². The Morgan fingerprint density at radius 3 is 2.35 bits per heavy atom. The van der Waals surface area contributed by atoms with Crippen LogP contribution in [0.3, 0.4) is 0 Å². The third-order valence-electron chi connectivity index (χ3n) is 7.22. The number of hydrogen-bond acceptors (Lipinski definition) is 6. The molecule has 0 spiro atoms. The zero-order valence-electron chi connectivity index (χ0n) is 20.9. The van der Waals surface area contributed by atoms with Gasteiger partial charge in [-0.25, -0.2) is 32.3 Å². The van der Waals surface area contributed by atoms with Crippen molar-refractivity contribution in [1.29, 1.82) is 0 Å². The number of carbonyl (C=O) groups is 1. The molecule has 1 aromatic heterocycles. The number of fused-ring (bicyclic) bond motifs is 2. The van der Waals surface area contributed by atoms with Crippen LogP contribution in [-0.2, 0) is 15.0 Å². The molecule has 9 nitrogen and oxygen atoms in total. The molecule has 1 aliphatic carbocycles. The molecule has 0 bridgehead atoms. The lowest BCUT2D eigenvalue weighted by Gasteiger charge is -2.38. The first-order chi connectivity index (χ1) is 19.1. The molecule has 1 amide bonds. The lowest BCUT2D eigenvalue weighted by molar-refractivity contribution is -0.120. The van der Waals surface area contributed by atoms with Gasteiger partial charge in [0.15, 0.2) is 5.82 Å². The summed E-state index contributed by atoms with van der Waals surface area (Å²) in [6.07, 6.45) is 2.33. The predicted octanol–water partition coefficient (Wildman–Crippen LogP) is 4.01. The maximum Gasteiger partial charge on any atom is 0.304 e. The average Bonchev–Trinajstić information content (AvgIpc) is 3.71. The van der Waals surface area contributed by atoms with E-state index in [-0.39, 0.29) is 59.8 Å². The summed E-state index contributed by atoms with van der Waals surface area (Å²) in [5, 5.41) is 0. The first-order valence-corrected chi connectivity index (χ1v) is 13.6. The van der Waals surface area contributed by atoms with Crippen LogP contribution in [0.25, 0.3) is 11.1 Å². The molecule has 3 aliphatic rings. The van der Waals surface area contributed by atoms with Gasteiger partial charge in [0.1, 0.15) is 23.2 Å². The lowest BCUT2D eigenvalue weighted by Crippen LogP contribution is -2.46. The maximum atomic E-state index is 15.4. The van der Waals surface area contributed by atoms with Crippen LogP contribution >= 0.6 is 0 Å². The number of carbonyl (C=O) groups excluding carboxylic acids is 1. The number of benzene rings is 2. The van der Waals surface area contributed by atoms with Gasteiger partial charge in [-0.15, -0.1) is 0 Å². The Labute approximate surface area is 226 Å². The number of hydrogen-bond donors (Lipinski definition) is 1. The Morgan fingerprint density at radius 1 is 0.975 bits per heavy atom. The minimum atomic E-state index is -4.11. The van der Waals surface area contributed by atoms with Gasteiger partial charge in [0.05, 0.1) is 25.2 Å². The van der Waals surface area contributed by atoms with E-state index in [0.29, 0.717) is 18.2 Å². The molecule has 2 atom stereocenters. The molecule has 1 N–H and O–H groups in total. The minimum Gasteiger partial charge on any atom is -0.495 e. The number of aromatic nitrogens is 2. The standard InChI is InChI=1S/C26H21F4N5O4S/c1-39-24-8-17(13-4-14(27)6-15(28)5-13)21(30)9-23(24)35-22-2-3-34(12-20(22)18-7-19(18)25(35)36)40(37,38)33-26-31-10-16(29)11-32-26/h4-6,8-11,18-19H,2-3,7,12H2,1H3,(H,31,32,33). The summed E-state index contributed by atoms with van der Waals surface area (Å²) in [7, 11) is -2.78. The number of ether oxygens (including phenoxy) is 1. The normalized spacial score (nSPS) is 20.7. The van der Waals surface area contributed by atoms with E-state index >= 15 is 4.39 Å². The zero-order chi connectivity index (χ0) is 28.3. The molecule has 0 radical (unpaired) electrons. The summed E-state index contributed by atoms with van der Waals surface area (Å²) in [5.41, 5.74) is 1.23. The summed E-state index contributed by atoms with van der Waals surface area (Å²) in [5.74, 6) is -4.29. The number of amides is 1. The van der Waals surface area contributed by atoms with Crippen molar-refractivity contribution in [2.75, 3.05) is 29.8 Å². The molecule has 0 saturated heterocycles. The Balaban J connectivity index is 1.35. The Hall–Kier alpha value is -4.04. The first kappa shape index (κ1) is 26.2. The molecule has 208 valence electrons. The number of methoxy groups -OCH3 is 1. The maximum absolute atomic E-state index is 15.4. The second-order valence-electron chi connectivity index (χ2n) is 9.67. The summed E-state index contributed by atoms with van der Waals surface area (Å²) in [6, 6.07) is 5.01. The SMILES string of the molecule is COc1cc(-c2cc(F)cc(F)c2)c(F)cc1N1C(=O)C2CC2C2=C1CCN(S(=O)(=O)Nc1ncc(F)cn1)C2. The Bertz CT molecular complexity index is 1660. The molecule has 3 aromatic rings. The van der Waals surface area contributed by atoms with Crippen LogP contribution in [-0.4, -0.2) is 48.8 Å². The molecule has 3 heterocycles. The van der Waals surface area contributed by atoms with Crippen LogP contribution in [0.4, 0.5) is 29.2 Å². The summed E-state index contributed by atoms with van der Waals surface area (Å²) in [6.45, 7) is -0.0375. The van der Waals surface area contributed by atoms with Crippen molar-refractivity contribution in [3.8, 4) is 16.9 Å². The van der Waals surface area contributed by atoms with Crippen molar-refractivity contribution in [3.05, 3.63) is 77.3 Å². The molecular weight excluding hydrogens is 554 g/mol.